The average Bonchev–Trinajstić information content (AvgIpc) is 2.81. The summed E-state index contributed by atoms with van der Waals surface area (Å²) in [7, 11) is 0. The summed E-state index contributed by atoms with van der Waals surface area (Å²) in [6.45, 7) is 4.21. The van der Waals surface area contributed by atoms with E-state index in [4.69, 9.17) is 11.5 Å². The zero-order chi connectivity index (χ0) is 13.0. The van der Waals surface area contributed by atoms with E-state index < -0.39 is 0 Å². The van der Waals surface area contributed by atoms with E-state index in [-0.39, 0.29) is 12.4 Å². The van der Waals surface area contributed by atoms with Gasteiger partial charge in [0.05, 0.1) is 6.04 Å². The molecule has 2 rings (SSSR count). The predicted octanol–water partition coefficient (Wildman–Crippen LogP) is 1.71. The molecule has 2 fully saturated rings. The number of nitrogens with zero attached hydrogens (tertiary/aromatic N) is 3. The maximum absolute atomic E-state index is 6.00. The van der Waals surface area contributed by atoms with Crippen molar-refractivity contribution in [3.05, 3.63) is 0 Å². The molecule has 4 N–H and O–H groups in total. The van der Waals surface area contributed by atoms with E-state index in [2.05, 4.69) is 21.8 Å². The van der Waals surface area contributed by atoms with Gasteiger partial charge >= 0.3 is 0 Å². The highest BCUT2D eigenvalue weighted by Gasteiger charge is 2.18. The van der Waals surface area contributed by atoms with Gasteiger partial charge < -0.3 is 16.4 Å². The van der Waals surface area contributed by atoms with Crippen LogP contribution < -0.4 is 11.5 Å². The van der Waals surface area contributed by atoms with Gasteiger partial charge in [-0.2, -0.15) is 4.99 Å². The SMILES string of the molecule is CC1CCCN(C(N)=NC(N)=NC2CCCC2)C1.Cl. The second-order valence-corrected chi connectivity index (χ2v) is 5.59. The van der Waals surface area contributed by atoms with Crippen molar-refractivity contribution in [1.29, 1.82) is 0 Å². The van der Waals surface area contributed by atoms with Gasteiger partial charge in [0, 0.05) is 13.1 Å². The summed E-state index contributed by atoms with van der Waals surface area (Å²) >= 11 is 0. The fraction of sp³-hybridized carbons (Fsp3) is 0.846. The molecule has 2 aliphatic rings. The van der Waals surface area contributed by atoms with E-state index in [0.717, 1.165) is 25.9 Å². The van der Waals surface area contributed by atoms with Crippen LogP contribution in [0, 0.1) is 5.92 Å². The van der Waals surface area contributed by atoms with E-state index in [1.54, 1.807) is 0 Å². The topological polar surface area (TPSA) is 80.0 Å². The number of hydrogen-bond donors (Lipinski definition) is 2. The highest BCUT2D eigenvalue weighted by molar-refractivity contribution is 5.93. The zero-order valence-corrected chi connectivity index (χ0v) is 12.5. The minimum Gasteiger partial charge on any atom is -0.369 e. The molecule has 5 nitrogen and oxygen atoms in total. The van der Waals surface area contributed by atoms with Gasteiger partial charge in [-0.1, -0.05) is 19.8 Å². The van der Waals surface area contributed by atoms with Crippen LogP contribution in [0.1, 0.15) is 45.4 Å². The minimum atomic E-state index is 0. The molecule has 19 heavy (non-hydrogen) atoms. The Morgan fingerprint density at radius 2 is 1.79 bits per heavy atom. The zero-order valence-electron chi connectivity index (χ0n) is 11.7. The summed E-state index contributed by atoms with van der Waals surface area (Å²) in [6.07, 6.45) is 7.23. The first-order chi connectivity index (χ1) is 8.65. The standard InChI is InChI=1S/C13H25N5.ClH/c1-10-5-4-8-18(9-10)13(15)17-12(14)16-11-6-2-3-7-11;/h10-11H,2-9H2,1H3,(H4,14,15,16,17);1H. The summed E-state index contributed by atoms with van der Waals surface area (Å²) in [5.41, 5.74) is 11.9. The predicted molar refractivity (Wildman–Crippen MR) is 82.7 cm³/mol. The molecule has 6 heteroatoms. The Morgan fingerprint density at radius 1 is 1.11 bits per heavy atom. The van der Waals surface area contributed by atoms with Crippen LogP contribution >= 0.6 is 12.4 Å². The second-order valence-electron chi connectivity index (χ2n) is 5.59. The Morgan fingerprint density at radius 3 is 2.42 bits per heavy atom. The van der Waals surface area contributed by atoms with Crippen molar-refractivity contribution < 1.29 is 0 Å². The molecule has 0 bridgehead atoms. The van der Waals surface area contributed by atoms with Crippen LogP contribution in [-0.2, 0) is 0 Å². The Balaban J connectivity index is 0.00000180. The van der Waals surface area contributed by atoms with Crippen molar-refractivity contribution in [3.8, 4) is 0 Å². The summed E-state index contributed by atoms with van der Waals surface area (Å²) in [6, 6.07) is 0.363. The molecule has 1 unspecified atom stereocenters. The van der Waals surface area contributed by atoms with Crippen molar-refractivity contribution >= 4 is 24.3 Å². The van der Waals surface area contributed by atoms with Gasteiger partial charge in [-0.25, -0.2) is 4.99 Å². The minimum absolute atomic E-state index is 0. The Kier molecular flexibility index (Phi) is 6.42. The van der Waals surface area contributed by atoms with Crippen LogP contribution in [0.4, 0.5) is 0 Å². The number of likely N-dealkylation sites (tertiary alicyclic amines) is 1. The lowest BCUT2D eigenvalue weighted by molar-refractivity contribution is 0.271. The van der Waals surface area contributed by atoms with E-state index in [9.17, 15) is 0 Å². The monoisotopic (exact) mass is 287 g/mol. The van der Waals surface area contributed by atoms with Gasteiger partial charge in [0.25, 0.3) is 0 Å². The highest BCUT2D eigenvalue weighted by Crippen LogP contribution is 2.20. The van der Waals surface area contributed by atoms with Crippen LogP contribution in [0.15, 0.2) is 9.98 Å². The number of rotatable bonds is 1. The lowest BCUT2D eigenvalue weighted by atomic mass is 10.0. The molecule has 1 atom stereocenters. The van der Waals surface area contributed by atoms with E-state index in [1.165, 1.54) is 25.7 Å². The first-order valence-corrected chi connectivity index (χ1v) is 7.07. The molecule has 1 heterocycles. The van der Waals surface area contributed by atoms with Gasteiger partial charge in [-0.05, 0) is 31.6 Å². The highest BCUT2D eigenvalue weighted by atomic mass is 35.5. The third-order valence-electron chi connectivity index (χ3n) is 3.85. The first-order valence-electron chi connectivity index (χ1n) is 7.07. The van der Waals surface area contributed by atoms with E-state index in [0.29, 0.717) is 23.9 Å². The fourth-order valence-electron chi connectivity index (χ4n) is 2.83. The van der Waals surface area contributed by atoms with Crippen molar-refractivity contribution in [2.75, 3.05) is 13.1 Å². The van der Waals surface area contributed by atoms with Gasteiger partial charge in [0.15, 0.2) is 5.96 Å². The normalized spacial score (nSPS) is 26.4. The van der Waals surface area contributed by atoms with Crippen molar-refractivity contribution in [2.45, 2.75) is 51.5 Å². The molecular formula is C13H26ClN5. The molecule has 0 aromatic rings. The average molecular weight is 288 g/mol. The van der Waals surface area contributed by atoms with Crippen LogP contribution in [0.2, 0.25) is 0 Å². The summed E-state index contributed by atoms with van der Waals surface area (Å²) in [5.74, 6) is 1.55. The van der Waals surface area contributed by atoms with Crippen molar-refractivity contribution in [3.63, 3.8) is 0 Å². The second kappa shape index (κ2) is 7.58. The first kappa shape index (κ1) is 16.1. The van der Waals surface area contributed by atoms with Crippen LogP contribution in [0.25, 0.3) is 0 Å². The molecule has 1 aliphatic carbocycles. The van der Waals surface area contributed by atoms with Gasteiger partial charge in [0.1, 0.15) is 0 Å². The van der Waals surface area contributed by atoms with Crippen molar-refractivity contribution in [1.82, 2.24) is 4.90 Å². The fourth-order valence-corrected chi connectivity index (χ4v) is 2.83. The Bertz CT molecular complexity index is 336. The molecule has 0 spiro atoms. The number of piperidine rings is 1. The third-order valence-corrected chi connectivity index (χ3v) is 3.85. The van der Waals surface area contributed by atoms with E-state index in [1.807, 2.05) is 0 Å². The van der Waals surface area contributed by atoms with Gasteiger partial charge in [0.2, 0.25) is 5.96 Å². The Labute approximate surface area is 121 Å². The molecule has 0 amide bonds. The van der Waals surface area contributed by atoms with Crippen LogP contribution in [0.5, 0.6) is 0 Å². The number of nitrogens with two attached hydrogens (primary N) is 2. The summed E-state index contributed by atoms with van der Waals surface area (Å²) < 4.78 is 0. The Hall–Kier alpha value is -0.970. The third kappa shape index (κ3) is 4.90. The maximum Gasteiger partial charge on any atom is 0.218 e. The lowest BCUT2D eigenvalue weighted by Crippen LogP contribution is -2.44. The molecule has 0 aromatic heterocycles. The van der Waals surface area contributed by atoms with Crippen LogP contribution in [-0.4, -0.2) is 36.0 Å². The van der Waals surface area contributed by atoms with Crippen LogP contribution in [0.3, 0.4) is 0 Å². The molecule has 0 radical (unpaired) electrons. The lowest BCUT2D eigenvalue weighted by Gasteiger charge is -2.31. The largest absolute Gasteiger partial charge is 0.369 e. The maximum atomic E-state index is 6.00. The molecule has 1 saturated carbocycles. The molecule has 1 saturated heterocycles. The number of hydrogen-bond acceptors (Lipinski definition) is 1. The molecular weight excluding hydrogens is 262 g/mol. The quantitative estimate of drug-likeness (QED) is 0.569. The van der Waals surface area contributed by atoms with E-state index >= 15 is 0 Å². The molecule has 0 aromatic carbocycles. The summed E-state index contributed by atoms with van der Waals surface area (Å²) in [5, 5.41) is 0. The smallest absolute Gasteiger partial charge is 0.218 e. The van der Waals surface area contributed by atoms with Gasteiger partial charge in [-0.15, -0.1) is 12.4 Å². The number of aliphatic imine (C=N–C) groups is 2. The molecule has 110 valence electrons. The number of halogens is 1. The summed E-state index contributed by atoms with van der Waals surface area (Å²) in [4.78, 5) is 10.8. The molecule has 1 aliphatic heterocycles. The van der Waals surface area contributed by atoms with Crippen molar-refractivity contribution in [2.24, 2.45) is 27.4 Å². The van der Waals surface area contributed by atoms with Gasteiger partial charge in [-0.3, -0.25) is 0 Å². The number of guanidine groups is 2.